The molecule has 1 fully saturated rings. The fourth-order valence-corrected chi connectivity index (χ4v) is 2.51. The Bertz CT molecular complexity index is 136. The molecule has 1 aliphatic carbocycles. The molecule has 0 amide bonds. The summed E-state index contributed by atoms with van der Waals surface area (Å²) in [6.45, 7) is 6.99. The molecule has 0 radical (unpaired) electrons. The molecule has 1 aliphatic rings. The zero-order valence-electron chi connectivity index (χ0n) is 9.64. The Morgan fingerprint density at radius 3 is 2.23 bits per heavy atom. The van der Waals surface area contributed by atoms with E-state index in [1.165, 1.54) is 25.7 Å². The van der Waals surface area contributed by atoms with Gasteiger partial charge in [-0.1, -0.05) is 27.2 Å². The Morgan fingerprint density at radius 1 is 1.23 bits per heavy atom. The normalized spacial score (nSPS) is 30.2. The van der Waals surface area contributed by atoms with Gasteiger partial charge in [-0.2, -0.15) is 0 Å². The summed E-state index contributed by atoms with van der Waals surface area (Å²) >= 11 is 0. The molecule has 1 rings (SSSR count). The fraction of sp³-hybridized carbons (Fsp3) is 1.00. The lowest BCUT2D eigenvalue weighted by Gasteiger charge is -2.42. The van der Waals surface area contributed by atoms with Gasteiger partial charge in [-0.25, -0.2) is 0 Å². The number of rotatable bonds is 5. The lowest BCUT2D eigenvalue weighted by atomic mass is 9.66. The van der Waals surface area contributed by atoms with Gasteiger partial charge in [0.15, 0.2) is 0 Å². The summed E-state index contributed by atoms with van der Waals surface area (Å²) < 4.78 is 0. The molecule has 0 aromatic carbocycles. The SMILES string of the molecule is CCCC(NC)C1CC(C(C)C)C1. The van der Waals surface area contributed by atoms with E-state index in [2.05, 4.69) is 33.1 Å². The Balaban J connectivity index is 2.23. The maximum absolute atomic E-state index is 3.46. The minimum atomic E-state index is 0.792. The Hall–Kier alpha value is -0.0400. The van der Waals surface area contributed by atoms with E-state index in [1.54, 1.807) is 0 Å². The van der Waals surface area contributed by atoms with Crippen LogP contribution in [0, 0.1) is 17.8 Å². The molecular formula is C12H25N. The number of hydrogen-bond acceptors (Lipinski definition) is 1. The van der Waals surface area contributed by atoms with Crippen molar-refractivity contribution in [1.82, 2.24) is 5.32 Å². The van der Waals surface area contributed by atoms with E-state index in [9.17, 15) is 0 Å². The highest BCUT2D eigenvalue weighted by atomic mass is 14.9. The van der Waals surface area contributed by atoms with Crippen molar-refractivity contribution in [2.24, 2.45) is 17.8 Å². The number of nitrogens with one attached hydrogen (secondary N) is 1. The van der Waals surface area contributed by atoms with Crippen molar-refractivity contribution < 1.29 is 0 Å². The minimum Gasteiger partial charge on any atom is -0.317 e. The highest BCUT2D eigenvalue weighted by molar-refractivity contribution is 4.88. The molecule has 1 N–H and O–H groups in total. The zero-order valence-corrected chi connectivity index (χ0v) is 9.64. The summed E-state index contributed by atoms with van der Waals surface area (Å²) in [4.78, 5) is 0. The molecule has 0 bridgehead atoms. The molecule has 1 saturated carbocycles. The van der Waals surface area contributed by atoms with Gasteiger partial charge in [0.2, 0.25) is 0 Å². The first-order valence-electron chi connectivity index (χ1n) is 5.86. The third-order valence-corrected chi connectivity index (χ3v) is 3.69. The van der Waals surface area contributed by atoms with Crippen molar-refractivity contribution in [3.63, 3.8) is 0 Å². The van der Waals surface area contributed by atoms with Crippen molar-refractivity contribution in [3.8, 4) is 0 Å². The van der Waals surface area contributed by atoms with Crippen LogP contribution in [0.25, 0.3) is 0 Å². The van der Waals surface area contributed by atoms with Gasteiger partial charge in [0.1, 0.15) is 0 Å². The largest absolute Gasteiger partial charge is 0.317 e. The summed E-state index contributed by atoms with van der Waals surface area (Å²) in [6, 6.07) is 0.792. The fourth-order valence-electron chi connectivity index (χ4n) is 2.51. The van der Waals surface area contributed by atoms with E-state index in [4.69, 9.17) is 0 Å². The molecule has 78 valence electrons. The Morgan fingerprint density at radius 2 is 1.85 bits per heavy atom. The van der Waals surface area contributed by atoms with Crippen LogP contribution in [0.3, 0.4) is 0 Å². The standard InChI is InChI=1S/C12H25N/c1-5-6-12(13-4)11-7-10(8-11)9(2)3/h9-13H,5-8H2,1-4H3. The van der Waals surface area contributed by atoms with Crippen LogP contribution in [0.5, 0.6) is 0 Å². The maximum Gasteiger partial charge on any atom is 0.00924 e. The minimum absolute atomic E-state index is 0.792. The van der Waals surface area contributed by atoms with E-state index < -0.39 is 0 Å². The van der Waals surface area contributed by atoms with Crippen molar-refractivity contribution in [1.29, 1.82) is 0 Å². The van der Waals surface area contributed by atoms with E-state index >= 15 is 0 Å². The molecule has 0 saturated heterocycles. The van der Waals surface area contributed by atoms with Crippen LogP contribution in [0.2, 0.25) is 0 Å². The summed E-state index contributed by atoms with van der Waals surface area (Å²) in [7, 11) is 2.11. The summed E-state index contributed by atoms with van der Waals surface area (Å²) in [5, 5.41) is 3.46. The van der Waals surface area contributed by atoms with Crippen LogP contribution in [-0.4, -0.2) is 13.1 Å². The van der Waals surface area contributed by atoms with Gasteiger partial charge in [0.25, 0.3) is 0 Å². The molecule has 13 heavy (non-hydrogen) atoms. The highest BCUT2D eigenvalue weighted by Gasteiger charge is 2.35. The Labute approximate surface area is 83.3 Å². The summed E-state index contributed by atoms with van der Waals surface area (Å²) in [6.07, 6.45) is 5.59. The molecule has 0 heterocycles. The highest BCUT2D eigenvalue weighted by Crippen LogP contribution is 2.41. The van der Waals surface area contributed by atoms with Crippen LogP contribution in [-0.2, 0) is 0 Å². The Kier molecular flexibility index (Phi) is 4.24. The van der Waals surface area contributed by atoms with E-state index in [-0.39, 0.29) is 0 Å². The van der Waals surface area contributed by atoms with Crippen LogP contribution < -0.4 is 5.32 Å². The van der Waals surface area contributed by atoms with Gasteiger partial charge >= 0.3 is 0 Å². The van der Waals surface area contributed by atoms with Crippen LogP contribution >= 0.6 is 0 Å². The van der Waals surface area contributed by atoms with Gasteiger partial charge in [-0.3, -0.25) is 0 Å². The smallest absolute Gasteiger partial charge is 0.00924 e. The molecule has 1 heteroatoms. The summed E-state index contributed by atoms with van der Waals surface area (Å²) in [5.41, 5.74) is 0. The lowest BCUT2D eigenvalue weighted by molar-refractivity contribution is 0.104. The van der Waals surface area contributed by atoms with Crippen molar-refractivity contribution in [2.75, 3.05) is 7.05 Å². The summed E-state index contributed by atoms with van der Waals surface area (Å²) in [5.74, 6) is 2.88. The van der Waals surface area contributed by atoms with Gasteiger partial charge in [0.05, 0.1) is 0 Å². The van der Waals surface area contributed by atoms with Crippen LogP contribution in [0.1, 0.15) is 46.5 Å². The second-order valence-corrected chi connectivity index (χ2v) is 4.92. The number of hydrogen-bond donors (Lipinski definition) is 1. The van der Waals surface area contributed by atoms with Gasteiger partial charge in [0, 0.05) is 6.04 Å². The molecule has 1 nitrogen and oxygen atoms in total. The first-order chi connectivity index (χ1) is 6.19. The van der Waals surface area contributed by atoms with Crippen molar-refractivity contribution in [3.05, 3.63) is 0 Å². The van der Waals surface area contributed by atoms with Gasteiger partial charge in [-0.05, 0) is 44.1 Å². The van der Waals surface area contributed by atoms with Gasteiger partial charge < -0.3 is 5.32 Å². The van der Waals surface area contributed by atoms with Gasteiger partial charge in [-0.15, -0.1) is 0 Å². The first kappa shape index (κ1) is 11.0. The third-order valence-electron chi connectivity index (χ3n) is 3.69. The van der Waals surface area contributed by atoms with E-state index in [1.807, 2.05) is 0 Å². The average Bonchev–Trinajstić information content (AvgIpc) is 1.99. The third kappa shape index (κ3) is 2.70. The van der Waals surface area contributed by atoms with E-state index in [0.717, 1.165) is 23.8 Å². The van der Waals surface area contributed by atoms with Crippen molar-refractivity contribution in [2.45, 2.75) is 52.5 Å². The average molecular weight is 183 g/mol. The molecule has 0 aromatic rings. The first-order valence-corrected chi connectivity index (χ1v) is 5.86. The van der Waals surface area contributed by atoms with E-state index in [0.29, 0.717) is 0 Å². The maximum atomic E-state index is 3.46. The van der Waals surface area contributed by atoms with Crippen LogP contribution in [0.4, 0.5) is 0 Å². The van der Waals surface area contributed by atoms with Crippen molar-refractivity contribution >= 4 is 0 Å². The monoisotopic (exact) mass is 183 g/mol. The zero-order chi connectivity index (χ0) is 9.84. The molecular weight excluding hydrogens is 158 g/mol. The molecule has 0 aromatic heterocycles. The predicted molar refractivity (Wildman–Crippen MR) is 58.8 cm³/mol. The molecule has 1 unspecified atom stereocenters. The predicted octanol–water partition coefficient (Wildman–Crippen LogP) is 3.06. The molecule has 0 aliphatic heterocycles. The molecule has 1 atom stereocenters. The molecule has 0 spiro atoms. The second kappa shape index (κ2) is 4.99. The van der Waals surface area contributed by atoms with Crippen LogP contribution in [0.15, 0.2) is 0 Å². The quantitative estimate of drug-likeness (QED) is 0.691. The lowest BCUT2D eigenvalue weighted by Crippen LogP contribution is -2.42. The topological polar surface area (TPSA) is 12.0 Å². The second-order valence-electron chi connectivity index (χ2n) is 4.92.